The number of aldehydes is 1. The van der Waals surface area contributed by atoms with Gasteiger partial charge >= 0.3 is 0 Å². The van der Waals surface area contributed by atoms with Crippen LogP contribution in [0.5, 0.6) is 0 Å². The molecule has 9 heavy (non-hydrogen) atoms. The standard InChI is InChI=1S/C6H7N2O/c9-6-2-5-8-4-1-3-7-8/h1-4,6H,5H2. The molecule has 0 unspecified atom stereocenters. The van der Waals surface area contributed by atoms with Crippen LogP contribution in [-0.4, -0.2) is 16.1 Å². The third-order valence-corrected chi connectivity index (χ3v) is 0.948. The lowest BCUT2D eigenvalue weighted by molar-refractivity contribution is -0.105. The molecule has 3 nitrogen and oxygen atoms in total. The molecule has 0 aliphatic heterocycles. The smallest absolute Gasteiger partial charge is 0.125 e. The SMILES string of the molecule is O=C[CH]Cn1cccn1. The van der Waals surface area contributed by atoms with Gasteiger partial charge in [0.25, 0.3) is 0 Å². The Balaban J connectivity index is 2.38. The summed E-state index contributed by atoms with van der Waals surface area (Å²) in [5.41, 5.74) is 0. The van der Waals surface area contributed by atoms with E-state index in [4.69, 9.17) is 0 Å². The van der Waals surface area contributed by atoms with Crippen LogP contribution in [0.1, 0.15) is 0 Å². The molecule has 0 aliphatic rings. The van der Waals surface area contributed by atoms with Crippen molar-refractivity contribution in [2.24, 2.45) is 0 Å². The molecule has 0 spiro atoms. The van der Waals surface area contributed by atoms with E-state index in [0.717, 1.165) is 6.29 Å². The first-order valence-electron chi connectivity index (χ1n) is 2.68. The number of nitrogens with zero attached hydrogens (tertiary/aromatic N) is 2. The predicted molar refractivity (Wildman–Crippen MR) is 32.6 cm³/mol. The maximum absolute atomic E-state index is 9.80. The number of aromatic nitrogens is 2. The Hall–Kier alpha value is -1.12. The first-order chi connectivity index (χ1) is 4.43. The second kappa shape index (κ2) is 3.02. The van der Waals surface area contributed by atoms with Gasteiger partial charge in [0, 0.05) is 18.8 Å². The zero-order chi connectivity index (χ0) is 6.53. The molecule has 3 heteroatoms. The minimum Gasteiger partial charge on any atom is -0.303 e. The molecule has 0 aromatic carbocycles. The third kappa shape index (κ3) is 1.68. The largest absolute Gasteiger partial charge is 0.303 e. The predicted octanol–water partition coefficient (Wildman–Crippen LogP) is 0.286. The minimum absolute atomic E-state index is 0.566. The minimum atomic E-state index is 0.566. The maximum atomic E-state index is 9.80. The summed E-state index contributed by atoms with van der Waals surface area (Å²) in [6.45, 7) is 0.566. The van der Waals surface area contributed by atoms with E-state index in [9.17, 15) is 4.79 Å². The number of carbonyl (C=O) groups excluding carboxylic acids is 1. The first kappa shape index (κ1) is 6.01. The van der Waals surface area contributed by atoms with Gasteiger partial charge in [0.2, 0.25) is 0 Å². The Morgan fingerprint density at radius 3 is 3.11 bits per heavy atom. The summed E-state index contributed by atoms with van der Waals surface area (Å²) >= 11 is 0. The normalized spacial score (nSPS) is 9.33. The van der Waals surface area contributed by atoms with Gasteiger partial charge in [-0.1, -0.05) is 0 Å². The topological polar surface area (TPSA) is 34.9 Å². The van der Waals surface area contributed by atoms with Crippen LogP contribution in [0.3, 0.4) is 0 Å². The highest BCUT2D eigenvalue weighted by molar-refractivity contribution is 5.60. The average molecular weight is 123 g/mol. The van der Waals surface area contributed by atoms with Gasteiger partial charge in [-0.3, -0.25) is 4.68 Å². The highest BCUT2D eigenvalue weighted by atomic mass is 16.1. The molecule has 0 bridgehead atoms. The molecular weight excluding hydrogens is 116 g/mol. The Kier molecular flexibility index (Phi) is 2.01. The van der Waals surface area contributed by atoms with Gasteiger partial charge in [0.05, 0.1) is 6.54 Å². The fraction of sp³-hybridized carbons (Fsp3) is 0.167. The Bertz CT molecular complexity index is 169. The summed E-state index contributed by atoms with van der Waals surface area (Å²) in [5.74, 6) is 0. The fourth-order valence-electron chi connectivity index (χ4n) is 0.559. The highest BCUT2D eigenvalue weighted by Gasteiger charge is 1.86. The molecule has 1 rings (SSSR count). The van der Waals surface area contributed by atoms with E-state index < -0.39 is 0 Å². The van der Waals surface area contributed by atoms with E-state index in [1.165, 1.54) is 6.42 Å². The molecule has 0 fully saturated rings. The molecule has 1 aromatic rings. The van der Waals surface area contributed by atoms with Gasteiger partial charge in [-0.2, -0.15) is 5.10 Å². The van der Waals surface area contributed by atoms with Gasteiger partial charge in [0.1, 0.15) is 6.29 Å². The lowest BCUT2D eigenvalue weighted by atomic mass is 10.5. The van der Waals surface area contributed by atoms with E-state index in [1.54, 1.807) is 17.1 Å². The summed E-state index contributed by atoms with van der Waals surface area (Å²) in [6.07, 6.45) is 5.76. The van der Waals surface area contributed by atoms with Crippen molar-refractivity contribution in [3.63, 3.8) is 0 Å². The Labute approximate surface area is 53.3 Å². The molecule has 1 heterocycles. The van der Waals surface area contributed by atoms with Crippen LogP contribution in [-0.2, 0) is 11.3 Å². The van der Waals surface area contributed by atoms with Crippen LogP contribution in [0.2, 0.25) is 0 Å². The molecule has 1 radical (unpaired) electrons. The van der Waals surface area contributed by atoms with Crippen molar-refractivity contribution in [3.05, 3.63) is 24.9 Å². The van der Waals surface area contributed by atoms with Crippen LogP contribution < -0.4 is 0 Å². The van der Waals surface area contributed by atoms with E-state index >= 15 is 0 Å². The molecule has 47 valence electrons. The molecule has 0 N–H and O–H groups in total. The highest BCUT2D eigenvalue weighted by Crippen LogP contribution is 1.84. The zero-order valence-electron chi connectivity index (χ0n) is 4.90. The molecule has 1 aromatic heterocycles. The Morgan fingerprint density at radius 2 is 2.56 bits per heavy atom. The molecule has 0 amide bonds. The van der Waals surface area contributed by atoms with Crippen molar-refractivity contribution < 1.29 is 4.79 Å². The first-order valence-corrected chi connectivity index (χ1v) is 2.68. The van der Waals surface area contributed by atoms with Crippen molar-refractivity contribution >= 4 is 6.29 Å². The summed E-state index contributed by atoms with van der Waals surface area (Å²) in [4.78, 5) is 9.80. The quantitative estimate of drug-likeness (QED) is 0.541. The van der Waals surface area contributed by atoms with Crippen molar-refractivity contribution in [2.45, 2.75) is 6.54 Å². The summed E-state index contributed by atoms with van der Waals surface area (Å²) in [7, 11) is 0. The van der Waals surface area contributed by atoms with Gasteiger partial charge in [-0.15, -0.1) is 0 Å². The average Bonchev–Trinajstić information content (AvgIpc) is 2.34. The van der Waals surface area contributed by atoms with Crippen molar-refractivity contribution in [2.75, 3.05) is 0 Å². The molecule has 0 saturated heterocycles. The summed E-state index contributed by atoms with van der Waals surface area (Å²) < 4.78 is 1.68. The number of hydrogen-bond donors (Lipinski definition) is 0. The molecule has 0 atom stereocenters. The van der Waals surface area contributed by atoms with Crippen LogP contribution >= 0.6 is 0 Å². The van der Waals surface area contributed by atoms with Crippen molar-refractivity contribution in [3.8, 4) is 0 Å². The van der Waals surface area contributed by atoms with Crippen LogP contribution in [0.15, 0.2) is 18.5 Å². The zero-order valence-corrected chi connectivity index (χ0v) is 4.90. The second-order valence-corrected chi connectivity index (χ2v) is 1.60. The Morgan fingerprint density at radius 1 is 1.67 bits per heavy atom. The van der Waals surface area contributed by atoms with Gasteiger partial charge in [-0.25, -0.2) is 0 Å². The van der Waals surface area contributed by atoms with E-state index in [1.807, 2.05) is 6.07 Å². The van der Waals surface area contributed by atoms with Gasteiger partial charge in [0.15, 0.2) is 0 Å². The van der Waals surface area contributed by atoms with E-state index in [2.05, 4.69) is 5.10 Å². The van der Waals surface area contributed by atoms with Crippen LogP contribution in [0.4, 0.5) is 0 Å². The van der Waals surface area contributed by atoms with E-state index in [0.29, 0.717) is 6.54 Å². The third-order valence-electron chi connectivity index (χ3n) is 0.948. The number of hydrogen-bond acceptors (Lipinski definition) is 2. The second-order valence-electron chi connectivity index (χ2n) is 1.60. The molecule has 0 aliphatic carbocycles. The van der Waals surface area contributed by atoms with Crippen LogP contribution in [0.25, 0.3) is 0 Å². The summed E-state index contributed by atoms with van der Waals surface area (Å²) in [5, 5.41) is 3.88. The van der Waals surface area contributed by atoms with Crippen molar-refractivity contribution in [1.82, 2.24) is 9.78 Å². The fourth-order valence-corrected chi connectivity index (χ4v) is 0.559. The van der Waals surface area contributed by atoms with E-state index in [-0.39, 0.29) is 0 Å². The summed E-state index contributed by atoms with van der Waals surface area (Å²) in [6, 6.07) is 1.82. The molecular formula is C6H7N2O. The lowest BCUT2D eigenvalue weighted by Crippen LogP contribution is -1.98. The van der Waals surface area contributed by atoms with Crippen molar-refractivity contribution in [1.29, 1.82) is 0 Å². The number of carbonyl (C=O) groups is 1. The maximum Gasteiger partial charge on any atom is 0.125 e. The van der Waals surface area contributed by atoms with Gasteiger partial charge in [-0.05, 0) is 6.07 Å². The monoisotopic (exact) mass is 123 g/mol. The number of rotatable bonds is 3. The van der Waals surface area contributed by atoms with Crippen LogP contribution in [0, 0.1) is 6.42 Å². The lowest BCUT2D eigenvalue weighted by Gasteiger charge is -1.91. The molecule has 0 saturated carbocycles. The van der Waals surface area contributed by atoms with Gasteiger partial charge < -0.3 is 4.79 Å².